The molecule has 1 aliphatic carbocycles. The fourth-order valence-electron chi connectivity index (χ4n) is 4.36. The number of piperazine rings is 1. The number of hydrogen-bond donors (Lipinski definition) is 3. The van der Waals surface area contributed by atoms with Crippen molar-refractivity contribution < 1.29 is 4.79 Å². The minimum atomic E-state index is -0.104. The Morgan fingerprint density at radius 3 is 2.80 bits per heavy atom. The molecule has 0 spiro atoms. The summed E-state index contributed by atoms with van der Waals surface area (Å²) < 4.78 is 0. The Balaban J connectivity index is 1.20. The molecule has 7 heteroatoms. The van der Waals surface area contributed by atoms with E-state index >= 15 is 0 Å². The van der Waals surface area contributed by atoms with Gasteiger partial charge in [-0.3, -0.25) is 4.79 Å². The number of nitrogens with two attached hydrogens (primary N) is 1. The number of nitrogen functional groups attached to an aromatic ring is 1. The molecule has 1 fully saturated rings. The van der Waals surface area contributed by atoms with E-state index in [1.54, 1.807) is 0 Å². The molecule has 1 aromatic carbocycles. The molecular formula is C23H27N5OS. The molecule has 0 radical (unpaired) electrons. The first-order valence-corrected chi connectivity index (χ1v) is 11.5. The largest absolute Gasteiger partial charge is 0.397 e. The third-order valence-corrected chi connectivity index (χ3v) is 7.19. The Kier molecular flexibility index (Phi) is 5.31. The van der Waals surface area contributed by atoms with E-state index in [1.165, 1.54) is 33.8 Å². The molecule has 156 valence electrons. The topological polar surface area (TPSA) is 83.3 Å². The van der Waals surface area contributed by atoms with Gasteiger partial charge in [0, 0.05) is 49.5 Å². The molecule has 0 unspecified atom stereocenters. The number of aryl methyl sites for hydroxylation is 2. The zero-order valence-electron chi connectivity index (χ0n) is 17.0. The molecule has 5 rings (SSSR count). The van der Waals surface area contributed by atoms with E-state index in [0.717, 1.165) is 62.1 Å². The van der Waals surface area contributed by atoms with E-state index in [-0.39, 0.29) is 5.91 Å². The van der Waals surface area contributed by atoms with Crippen molar-refractivity contribution in [1.29, 1.82) is 0 Å². The monoisotopic (exact) mass is 421 g/mol. The van der Waals surface area contributed by atoms with Crippen LogP contribution in [0.5, 0.6) is 0 Å². The first-order chi connectivity index (χ1) is 14.7. The lowest BCUT2D eigenvalue weighted by Gasteiger charge is -2.29. The zero-order chi connectivity index (χ0) is 20.5. The summed E-state index contributed by atoms with van der Waals surface area (Å²) in [5.41, 5.74) is 11.8. The van der Waals surface area contributed by atoms with Crippen molar-refractivity contribution in [3.05, 3.63) is 52.0 Å². The van der Waals surface area contributed by atoms with Crippen LogP contribution in [0.1, 0.15) is 32.9 Å². The van der Waals surface area contributed by atoms with E-state index in [2.05, 4.69) is 45.9 Å². The van der Waals surface area contributed by atoms with Crippen LogP contribution in [0, 0.1) is 0 Å². The van der Waals surface area contributed by atoms with Gasteiger partial charge in [-0.25, -0.2) is 4.98 Å². The van der Waals surface area contributed by atoms with Crippen LogP contribution >= 0.6 is 11.3 Å². The number of benzene rings is 1. The maximum atomic E-state index is 12.7. The second kappa shape index (κ2) is 8.24. The predicted octanol–water partition coefficient (Wildman–Crippen LogP) is 2.75. The highest BCUT2D eigenvalue weighted by molar-refractivity contribution is 7.21. The van der Waals surface area contributed by atoms with Gasteiger partial charge in [-0.2, -0.15) is 0 Å². The Morgan fingerprint density at radius 2 is 2.00 bits per heavy atom. The van der Waals surface area contributed by atoms with Crippen LogP contribution in [-0.2, 0) is 19.3 Å². The number of pyridine rings is 1. The second-order valence-corrected chi connectivity index (χ2v) is 9.05. The molecule has 3 heterocycles. The molecule has 0 atom stereocenters. The molecule has 2 aromatic heterocycles. The SMILES string of the molecule is Nc1c(C(=O)NCCc2ccc(N3CCNCC3)cc2)sc2nc3c(cc12)CCC3. The molecule has 1 saturated heterocycles. The van der Waals surface area contributed by atoms with Crippen molar-refractivity contribution in [2.75, 3.05) is 43.4 Å². The maximum Gasteiger partial charge on any atom is 0.263 e. The summed E-state index contributed by atoms with van der Waals surface area (Å²) >= 11 is 1.40. The Bertz CT molecular complexity index is 1070. The van der Waals surface area contributed by atoms with Crippen LogP contribution < -0.4 is 21.3 Å². The van der Waals surface area contributed by atoms with Gasteiger partial charge in [-0.15, -0.1) is 11.3 Å². The Morgan fingerprint density at radius 1 is 1.20 bits per heavy atom. The lowest BCUT2D eigenvalue weighted by atomic mass is 10.1. The van der Waals surface area contributed by atoms with Gasteiger partial charge in [0.05, 0.1) is 5.69 Å². The standard InChI is InChI=1S/C23H27N5OS/c24-20-18-14-16-2-1-3-19(16)27-23(18)30-21(20)22(29)26-9-8-15-4-6-17(7-5-15)28-12-10-25-11-13-28/h4-7,14,25H,1-3,8-13,24H2,(H,26,29). The minimum absolute atomic E-state index is 0.104. The highest BCUT2D eigenvalue weighted by Crippen LogP contribution is 2.35. The predicted molar refractivity (Wildman–Crippen MR) is 124 cm³/mol. The summed E-state index contributed by atoms with van der Waals surface area (Å²) in [5.74, 6) is -0.104. The Labute approximate surface area is 180 Å². The van der Waals surface area contributed by atoms with Crippen LogP contribution in [0.25, 0.3) is 10.2 Å². The van der Waals surface area contributed by atoms with E-state index in [9.17, 15) is 4.79 Å². The lowest BCUT2D eigenvalue weighted by Crippen LogP contribution is -2.43. The summed E-state index contributed by atoms with van der Waals surface area (Å²) in [6, 6.07) is 10.8. The van der Waals surface area contributed by atoms with E-state index < -0.39 is 0 Å². The van der Waals surface area contributed by atoms with Crippen molar-refractivity contribution in [3.63, 3.8) is 0 Å². The average molecular weight is 422 g/mol. The van der Waals surface area contributed by atoms with Gasteiger partial charge in [-0.1, -0.05) is 12.1 Å². The van der Waals surface area contributed by atoms with Gasteiger partial charge in [0.25, 0.3) is 5.91 Å². The summed E-state index contributed by atoms with van der Waals surface area (Å²) in [5, 5.41) is 7.33. The van der Waals surface area contributed by atoms with Gasteiger partial charge >= 0.3 is 0 Å². The number of rotatable bonds is 5. The summed E-state index contributed by atoms with van der Waals surface area (Å²) in [7, 11) is 0. The number of thiophene rings is 1. The molecule has 6 nitrogen and oxygen atoms in total. The van der Waals surface area contributed by atoms with Gasteiger partial charge in [-0.05, 0) is 55.0 Å². The number of carbonyl (C=O) groups excluding carboxylic acids is 1. The molecule has 30 heavy (non-hydrogen) atoms. The van der Waals surface area contributed by atoms with Crippen LogP contribution in [-0.4, -0.2) is 43.6 Å². The van der Waals surface area contributed by atoms with Crippen LogP contribution in [0.3, 0.4) is 0 Å². The average Bonchev–Trinajstić information content (AvgIpc) is 3.37. The maximum absolute atomic E-state index is 12.7. The Hall–Kier alpha value is -2.64. The highest BCUT2D eigenvalue weighted by atomic mass is 32.1. The number of nitrogens with zero attached hydrogens (tertiary/aromatic N) is 2. The van der Waals surface area contributed by atoms with Crippen LogP contribution in [0.4, 0.5) is 11.4 Å². The molecule has 1 amide bonds. The third kappa shape index (κ3) is 3.75. The quantitative estimate of drug-likeness (QED) is 0.590. The number of amides is 1. The summed E-state index contributed by atoms with van der Waals surface area (Å²) in [6.07, 6.45) is 4.04. The molecule has 2 aliphatic rings. The van der Waals surface area contributed by atoms with Gasteiger partial charge in [0.15, 0.2) is 0 Å². The van der Waals surface area contributed by atoms with E-state index in [0.29, 0.717) is 17.1 Å². The summed E-state index contributed by atoms with van der Waals surface area (Å²) in [4.78, 5) is 21.3. The number of hydrogen-bond acceptors (Lipinski definition) is 6. The van der Waals surface area contributed by atoms with E-state index in [4.69, 9.17) is 10.7 Å². The van der Waals surface area contributed by atoms with E-state index in [1.807, 2.05) is 0 Å². The molecule has 3 aromatic rings. The fraction of sp³-hybridized carbons (Fsp3) is 0.391. The molecule has 0 saturated carbocycles. The fourth-order valence-corrected chi connectivity index (χ4v) is 5.38. The smallest absolute Gasteiger partial charge is 0.263 e. The van der Waals surface area contributed by atoms with Crippen LogP contribution in [0.15, 0.2) is 30.3 Å². The lowest BCUT2D eigenvalue weighted by molar-refractivity contribution is 0.0959. The third-order valence-electron chi connectivity index (χ3n) is 6.07. The second-order valence-electron chi connectivity index (χ2n) is 8.05. The first kappa shape index (κ1) is 19.3. The number of nitrogens with one attached hydrogen (secondary N) is 2. The number of carbonyl (C=O) groups is 1. The van der Waals surface area contributed by atoms with Crippen molar-refractivity contribution in [3.8, 4) is 0 Å². The molecular weight excluding hydrogens is 394 g/mol. The number of anilines is 2. The van der Waals surface area contributed by atoms with Crippen LogP contribution in [0.2, 0.25) is 0 Å². The highest BCUT2D eigenvalue weighted by Gasteiger charge is 2.21. The number of aromatic nitrogens is 1. The van der Waals surface area contributed by atoms with Crippen molar-refractivity contribution >= 4 is 38.8 Å². The minimum Gasteiger partial charge on any atom is -0.397 e. The first-order valence-electron chi connectivity index (χ1n) is 10.7. The van der Waals surface area contributed by atoms with Crippen molar-refractivity contribution in [2.45, 2.75) is 25.7 Å². The molecule has 4 N–H and O–H groups in total. The van der Waals surface area contributed by atoms with Gasteiger partial charge in [0.2, 0.25) is 0 Å². The van der Waals surface area contributed by atoms with Crippen molar-refractivity contribution in [2.24, 2.45) is 0 Å². The molecule has 1 aliphatic heterocycles. The van der Waals surface area contributed by atoms with Gasteiger partial charge < -0.3 is 21.3 Å². The number of fused-ring (bicyclic) bond motifs is 2. The zero-order valence-corrected chi connectivity index (χ0v) is 17.9. The summed E-state index contributed by atoms with van der Waals surface area (Å²) in [6.45, 7) is 4.75. The molecule has 0 bridgehead atoms. The van der Waals surface area contributed by atoms with Gasteiger partial charge in [0.1, 0.15) is 9.71 Å². The van der Waals surface area contributed by atoms with Crippen molar-refractivity contribution in [1.82, 2.24) is 15.6 Å². The normalized spacial score (nSPS) is 16.1.